The Balaban J connectivity index is 1.78. The summed E-state index contributed by atoms with van der Waals surface area (Å²) in [6.45, 7) is 5.85. The first kappa shape index (κ1) is 13.1. The fourth-order valence-electron chi connectivity index (χ4n) is 2.63. The van der Waals surface area contributed by atoms with Crippen molar-refractivity contribution in [1.82, 2.24) is 4.98 Å². The molecule has 4 nitrogen and oxygen atoms in total. The Morgan fingerprint density at radius 2 is 1.86 bits per heavy atom. The van der Waals surface area contributed by atoms with Gasteiger partial charge in [0.2, 0.25) is 11.8 Å². The lowest BCUT2D eigenvalue weighted by atomic mass is 10.1. The van der Waals surface area contributed by atoms with Crippen LogP contribution in [-0.4, -0.2) is 10.9 Å². The second kappa shape index (κ2) is 4.44. The van der Waals surface area contributed by atoms with Gasteiger partial charge in [-0.2, -0.15) is 0 Å². The van der Waals surface area contributed by atoms with Gasteiger partial charge in [-0.05, 0) is 31.2 Å². The zero-order valence-corrected chi connectivity index (χ0v) is 12.8. The number of carbonyl (C=O) groups is 1. The molecule has 0 saturated heterocycles. The van der Waals surface area contributed by atoms with Crippen LogP contribution >= 0.6 is 0 Å². The number of nitrogens with zero attached hydrogens (tertiary/aromatic N) is 2. The number of carbonyl (C=O) groups excluding carboxylic acids is 1. The lowest BCUT2D eigenvalue weighted by Crippen LogP contribution is -2.18. The normalized spacial score (nSPS) is 12.8. The van der Waals surface area contributed by atoms with Crippen molar-refractivity contribution in [2.75, 3.05) is 4.90 Å². The van der Waals surface area contributed by atoms with E-state index in [-0.39, 0.29) is 11.8 Å². The summed E-state index contributed by atoms with van der Waals surface area (Å²) in [6.07, 6.45) is 0. The Morgan fingerprint density at radius 3 is 2.55 bits per heavy atom. The number of oxazole rings is 1. The summed E-state index contributed by atoms with van der Waals surface area (Å²) in [5.74, 6) is 0.653. The van der Waals surface area contributed by atoms with Crippen LogP contribution in [0.15, 0.2) is 40.8 Å². The number of hydrogen-bond donors (Lipinski definition) is 0. The first-order valence-electron chi connectivity index (χ1n) is 7.41. The third-order valence-corrected chi connectivity index (χ3v) is 3.94. The molecule has 0 aliphatic carbocycles. The molecule has 0 unspecified atom stereocenters. The minimum atomic E-state index is -0.0362. The molecule has 1 aliphatic heterocycles. The maximum Gasteiger partial charge on any atom is 0.234 e. The van der Waals surface area contributed by atoms with Crippen molar-refractivity contribution in [3.8, 4) is 11.5 Å². The standard InChI is InChI=1S/C18H16N2O2/c1-10(2)18(21)20-13-8-9-14-15(16(13)20)19-17(22-14)12-6-4-11(3)5-7-12/h4-10H,1-3H3. The molecule has 22 heavy (non-hydrogen) atoms. The molecule has 110 valence electrons. The Hall–Kier alpha value is -2.62. The van der Waals surface area contributed by atoms with Crippen molar-refractivity contribution in [3.63, 3.8) is 0 Å². The molecule has 0 atom stereocenters. The number of anilines is 2. The number of hydrogen-bond acceptors (Lipinski definition) is 3. The minimum absolute atomic E-state index is 0.0362. The van der Waals surface area contributed by atoms with Crippen molar-refractivity contribution >= 4 is 28.4 Å². The van der Waals surface area contributed by atoms with Crippen molar-refractivity contribution in [2.45, 2.75) is 20.8 Å². The van der Waals surface area contributed by atoms with Crippen molar-refractivity contribution < 1.29 is 9.21 Å². The highest BCUT2D eigenvalue weighted by Crippen LogP contribution is 2.53. The van der Waals surface area contributed by atoms with Crippen LogP contribution in [0.1, 0.15) is 19.4 Å². The Kier molecular flexibility index (Phi) is 2.64. The van der Waals surface area contributed by atoms with E-state index in [9.17, 15) is 4.79 Å². The van der Waals surface area contributed by atoms with Crippen molar-refractivity contribution in [1.29, 1.82) is 0 Å². The molecule has 3 aromatic rings. The number of fused-ring (bicyclic) bond motifs is 3. The first-order chi connectivity index (χ1) is 10.6. The average molecular weight is 292 g/mol. The number of rotatable bonds is 2. The minimum Gasteiger partial charge on any atom is -0.436 e. The zero-order chi connectivity index (χ0) is 15.4. The van der Waals surface area contributed by atoms with E-state index < -0.39 is 0 Å². The number of aryl methyl sites for hydroxylation is 1. The summed E-state index contributed by atoms with van der Waals surface area (Å²) in [7, 11) is 0. The number of amides is 1. The Morgan fingerprint density at radius 1 is 1.14 bits per heavy atom. The molecule has 1 amide bonds. The number of aromatic nitrogens is 1. The molecule has 1 aromatic heterocycles. The molecule has 0 N–H and O–H groups in total. The highest BCUT2D eigenvalue weighted by atomic mass is 16.3. The Labute approximate surface area is 128 Å². The summed E-state index contributed by atoms with van der Waals surface area (Å²) in [5.41, 5.74) is 5.45. The van der Waals surface area contributed by atoms with E-state index in [1.54, 1.807) is 4.90 Å². The van der Waals surface area contributed by atoms with Gasteiger partial charge in [0.1, 0.15) is 11.2 Å². The lowest BCUT2D eigenvalue weighted by Gasteiger charge is -2.03. The van der Waals surface area contributed by atoms with Crippen molar-refractivity contribution in [2.24, 2.45) is 5.92 Å². The molecule has 0 spiro atoms. The molecule has 0 saturated carbocycles. The van der Waals surface area contributed by atoms with Gasteiger partial charge < -0.3 is 4.42 Å². The fraction of sp³-hybridized carbons (Fsp3) is 0.222. The molecule has 0 fully saturated rings. The van der Waals surface area contributed by atoms with Crippen LogP contribution in [-0.2, 0) is 4.79 Å². The molecule has 2 heterocycles. The van der Waals surface area contributed by atoms with Crippen molar-refractivity contribution in [3.05, 3.63) is 42.0 Å². The van der Waals surface area contributed by atoms with E-state index in [0.29, 0.717) is 11.5 Å². The van der Waals surface area contributed by atoms with Gasteiger partial charge in [0, 0.05) is 11.5 Å². The number of benzene rings is 2. The molecule has 2 aromatic carbocycles. The second-order valence-corrected chi connectivity index (χ2v) is 5.99. The maximum absolute atomic E-state index is 12.2. The van der Waals surface area contributed by atoms with E-state index in [2.05, 4.69) is 4.98 Å². The van der Waals surface area contributed by atoms with E-state index in [0.717, 1.165) is 22.5 Å². The quantitative estimate of drug-likeness (QED) is 0.656. The van der Waals surface area contributed by atoms with Gasteiger partial charge in [0.25, 0.3) is 0 Å². The van der Waals surface area contributed by atoms with E-state index in [1.165, 1.54) is 5.56 Å². The van der Waals surface area contributed by atoms with Crippen LogP contribution in [0.4, 0.5) is 11.4 Å². The third kappa shape index (κ3) is 1.84. The van der Waals surface area contributed by atoms with Gasteiger partial charge in [-0.25, -0.2) is 4.98 Å². The third-order valence-electron chi connectivity index (χ3n) is 3.94. The first-order valence-corrected chi connectivity index (χ1v) is 7.41. The topological polar surface area (TPSA) is 46.1 Å². The molecule has 1 aliphatic rings. The summed E-state index contributed by atoms with van der Waals surface area (Å²) < 4.78 is 5.85. The summed E-state index contributed by atoms with van der Waals surface area (Å²) in [5, 5.41) is 0. The fourth-order valence-corrected chi connectivity index (χ4v) is 2.63. The summed E-state index contributed by atoms with van der Waals surface area (Å²) in [4.78, 5) is 18.5. The lowest BCUT2D eigenvalue weighted by molar-refractivity contribution is -0.120. The average Bonchev–Trinajstić information content (AvgIpc) is 3.07. The highest BCUT2D eigenvalue weighted by molar-refractivity contribution is 6.23. The van der Waals surface area contributed by atoms with E-state index >= 15 is 0 Å². The molecule has 0 bridgehead atoms. The van der Waals surface area contributed by atoms with Gasteiger partial charge in [0.15, 0.2) is 5.58 Å². The van der Waals surface area contributed by atoms with Gasteiger partial charge in [-0.15, -0.1) is 0 Å². The summed E-state index contributed by atoms with van der Waals surface area (Å²) >= 11 is 0. The Bertz CT molecular complexity index is 891. The zero-order valence-electron chi connectivity index (χ0n) is 12.8. The van der Waals surface area contributed by atoms with Gasteiger partial charge in [0.05, 0.1) is 5.69 Å². The smallest absolute Gasteiger partial charge is 0.234 e. The van der Waals surface area contributed by atoms with Gasteiger partial charge in [-0.1, -0.05) is 31.5 Å². The SMILES string of the molecule is Cc1ccc(-c2nc3c4c(ccc3o2)N4C(=O)C(C)C)cc1. The largest absolute Gasteiger partial charge is 0.436 e. The van der Waals surface area contributed by atoms with Crippen LogP contribution in [0.3, 0.4) is 0 Å². The molecule has 4 rings (SSSR count). The van der Waals surface area contributed by atoms with E-state index in [1.807, 2.05) is 57.2 Å². The molecule has 4 heteroatoms. The van der Waals surface area contributed by atoms with Crippen LogP contribution in [0.2, 0.25) is 0 Å². The molecular weight excluding hydrogens is 276 g/mol. The molecule has 0 radical (unpaired) electrons. The van der Waals surface area contributed by atoms with Crippen LogP contribution in [0, 0.1) is 12.8 Å². The van der Waals surface area contributed by atoms with Crippen LogP contribution in [0.5, 0.6) is 0 Å². The highest BCUT2D eigenvalue weighted by Gasteiger charge is 2.39. The van der Waals surface area contributed by atoms with Crippen LogP contribution in [0.25, 0.3) is 22.6 Å². The monoisotopic (exact) mass is 292 g/mol. The van der Waals surface area contributed by atoms with E-state index in [4.69, 9.17) is 4.42 Å². The predicted molar refractivity (Wildman–Crippen MR) is 86.2 cm³/mol. The second-order valence-electron chi connectivity index (χ2n) is 5.99. The van der Waals surface area contributed by atoms with Crippen LogP contribution < -0.4 is 4.90 Å². The predicted octanol–water partition coefficient (Wildman–Crippen LogP) is 4.44. The summed E-state index contributed by atoms with van der Waals surface area (Å²) in [6, 6.07) is 11.9. The van der Waals surface area contributed by atoms with Gasteiger partial charge >= 0.3 is 0 Å². The maximum atomic E-state index is 12.2. The molecular formula is C18H16N2O2. The van der Waals surface area contributed by atoms with Gasteiger partial charge in [-0.3, -0.25) is 9.69 Å².